The molecule has 1 aliphatic carbocycles. The number of pyridine rings is 1. The molecule has 2 aromatic rings. The molecule has 6 heteroatoms. The van der Waals surface area contributed by atoms with Crippen LogP contribution in [0.5, 0.6) is 0 Å². The lowest BCUT2D eigenvalue weighted by Crippen LogP contribution is -2.35. The quantitative estimate of drug-likeness (QED) is 0.821. The van der Waals surface area contributed by atoms with Crippen LogP contribution in [0.4, 0.5) is 10.2 Å². The maximum absolute atomic E-state index is 14.7. The van der Waals surface area contributed by atoms with Crippen molar-refractivity contribution in [2.75, 3.05) is 33.0 Å². The largest absolute Gasteiger partial charge is 0.376 e. The summed E-state index contributed by atoms with van der Waals surface area (Å²) in [5, 5.41) is 4.55. The van der Waals surface area contributed by atoms with Crippen molar-refractivity contribution in [3.05, 3.63) is 54.1 Å². The van der Waals surface area contributed by atoms with Crippen LogP contribution in [0.15, 0.2) is 42.7 Å². The SMILES string of the molecule is CN1C=C(c2cc3cc(NC(=O)C4CCC(N(C)C)CC4)ncc3cc2F)C=CC1. The number of hydrogen-bond acceptors (Lipinski definition) is 4. The van der Waals surface area contributed by atoms with E-state index >= 15 is 0 Å². The van der Waals surface area contributed by atoms with Gasteiger partial charge in [-0.1, -0.05) is 12.2 Å². The van der Waals surface area contributed by atoms with Gasteiger partial charge in [0.15, 0.2) is 0 Å². The summed E-state index contributed by atoms with van der Waals surface area (Å²) in [4.78, 5) is 21.3. The van der Waals surface area contributed by atoms with Crippen molar-refractivity contribution in [1.82, 2.24) is 14.8 Å². The van der Waals surface area contributed by atoms with E-state index in [1.54, 1.807) is 6.20 Å². The number of halogens is 1. The van der Waals surface area contributed by atoms with Crippen molar-refractivity contribution in [3.63, 3.8) is 0 Å². The molecule has 2 heterocycles. The number of rotatable bonds is 4. The number of nitrogens with one attached hydrogen (secondary N) is 1. The van der Waals surface area contributed by atoms with Crippen molar-refractivity contribution in [2.24, 2.45) is 5.92 Å². The van der Waals surface area contributed by atoms with Crippen LogP contribution in [0, 0.1) is 11.7 Å². The second-order valence-corrected chi connectivity index (χ2v) is 8.63. The highest BCUT2D eigenvalue weighted by Crippen LogP contribution is 2.30. The molecule has 5 nitrogen and oxygen atoms in total. The Labute approximate surface area is 177 Å². The summed E-state index contributed by atoms with van der Waals surface area (Å²) in [7, 11) is 6.16. The van der Waals surface area contributed by atoms with E-state index in [9.17, 15) is 9.18 Å². The van der Waals surface area contributed by atoms with E-state index in [1.807, 2.05) is 42.4 Å². The van der Waals surface area contributed by atoms with Gasteiger partial charge in [0.1, 0.15) is 11.6 Å². The molecule has 1 N–H and O–H groups in total. The van der Waals surface area contributed by atoms with Crippen molar-refractivity contribution in [2.45, 2.75) is 31.7 Å². The third-order valence-corrected chi connectivity index (χ3v) is 6.22. The Hall–Kier alpha value is -2.73. The number of likely N-dealkylation sites (N-methyl/N-ethyl adjacent to an activating group) is 1. The molecule has 0 unspecified atom stereocenters. The smallest absolute Gasteiger partial charge is 0.228 e. The van der Waals surface area contributed by atoms with E-state index in [0.29, 0.717) is 17.4 Å². The van der Waals surface area contributed by atoms with Gasteiger partial charge in [-0.15, -0.1) is 0 Å². The van der Waals surface area contributed by atoms with E-state index in [4.69, 9.17) is 0 Å². The van der Waals surface area contributed by atoms with Crippen molar-refractivity contribution in [1.29, 1.82) is 0 Å². The fourth-order valence-electron chi connectivity index (χ4n) is 4.38. The van der Waals surface area contributed by atoms with Gasteiger partial charge in [-0.25, -0.2) is 9.37 Å². The van der Waals surface area contributed by atoms with Crippen LogP contribution in [0.1, 0.15) is 31.2 Å². The lowest BCUT2D eigenvalue weighted by molar-refractivity contribution is -0.121. The summed E-state index contributed by atoms with van der Waals surface area (Å²) < 4.78 is 14.7. The molecule has 1 aromatic heterocycles. The van der Waals surface area contributed by atoms with Crippen LogP contribution >= 0.6 is 0 Å². The Morgan fingerprint density at radius 3 is 2.63 bits per heavy atom. The number of benzene rings is 1. The number of nitrogens with zero attached hydrogens (tertiary/aromatic N) is 3. The summed E-state index contributed by atoms with van der Waals surface area (Å²) in [6, 6.07) is 5.73. The van der Waals surface area contributed by atoms with Gasteiger partial charge in [0.05, 0.1) is 0 Å². The highest BCUT2D eigenvalue weighted by atomic mass is 19.1. The zero-order valence-electron chi connectivity index (χ0n) is 17.9. The van der Waals surface area contributed by atoms with Gasteiger partial charge in [-0.3, -0.25) is 4.79 Å². The molecule has 0 bridgehead atoms. The highest BCUT2D eigenvalue weighted by Gasteiger charge is 2.27. The molecule has 158 valence electrons. The first-order valence-corrected chi connectivity index (χ1v) is 10.6. The van der Waals surface area contributed by atoms with E-state index in [-0.39, 0.29) is 17.6 Å². The minimum atomic E-state index is -0.273. The monoisotopic (exact) mass is 408 g/mol. The van der Waals surface area contributed by atoms with Crippen LogP contribution in [0.25, 0.3) is 16.3 Å². The molecule has 0 atom stereocenters. The molecule has 0 radical (unpaired) electrons. The van der Waals surface area contributed by atoms with Crippen LogP contribution in [-0.4, -0.2) is 54.4 Å². The predicted octanol–water partition coefficient (Wildman–Crippen LogP) is 4.28. The fraction of sp³-hybridized carbons (Fsp3) is 0.417. The number of amides is 1. The standard InChI is InChI=1S/C24H29FN4O/c1-28(2)20-8-6-16(7-9-20)24(30)27-23-13-18-11-21(17-5-4-10-29(3)15-17)22(25)12-19(18)14-26-23/h4-5,11-16,20H,6-10H2,1-3H3,(H,26,27,30). The number of anilines is 1. The molecule has 30 heavy (non-hydrogen) atoms. The molecule has 1 fully saturated rings. The third kappa shape index (κ3) is 4.38. The molecule has 1 saturated carbocycles. The van der Waals surface area contributed by atoms with Gasteiger partial charge < -0.3 is 15.1 Å². The molecule has 1 amide bonds. The third-order valence-electron chi connectivity index (χ3n) is 6.22. The molecule has 0 saturated heterocycles. The maximum atomic E-state index is 14.7. The summed E-state index contributed by atoms with van der Waals surface area (Å²) >= 11 is 0. The normalized spacial score (nSPS) is 21.8. The van der Waals surface area contributed by atoms with E-state index in [0.717, 1.165) is 48.6 Å². The number of carbonyl (C=O) groups is 1. The first-order chi connectivity index (χ1) is 14.4. The van der Waals surface area contributed by atoms with Crippen molar-refractivity contribution < 1.29 is 9.18 Å². The van der Waals surface area contributed by atoms with Crippen LogP contribution < -0.4 is 5.32 Å². The Balaban J connectivity index is 1.52. The zero-order chi connectivity index (χ0) is 21.3. The van der Waals surface area contributed by atoms with Crippen molar-refractivity contribution >= 4 is 28.1 Å². The van der Waals surface area contributed by atoms with Gasteiger partial charge in [0, 0.05) is 54.5 Å². The van der Waals surface area contributed by atoms with E-state index in [2.05, 4.69) is 29.3 Å². The number of carbonyl (C=O) groups excluding carboxylic acids is 1. The molecular formula is C24H29FN4O. The van der Waals surface area contributed by atoms with Gasteiger partial charge in [-0.05, 0) is 63.4 Å². The van der Waals surface area contributed by atoms with Gasteiger partial charge in [0.25, 0.3) is 0 Å². The number of hydrogen-bond donors (Lipinski definition) is 1. The Kier molecular flexibility index (Phi) is 5.86. The Morgan fingerprint density at radius 2 is 1.93 bits per heavy atom. The van der Waals surface area contributed by atoms with E-state index < -0.39 is 0 Å². The van der Waals surface area contributed by atoms with Crippen molar-refractivity contribution in [3.8, 4) is 0 Å². The fourth-order valence-corrected chi connectivity index (χ4v) is 4.38. The molecule has 2 aliphatic rings. The van der Waals surface area contributed by atoms with Crippen LogP contribution in [0.2, 0.25) is 0 Å². The zero-order valence-corrected chi connectivity index (χ0v) is 17.9. The molecule has 1 aromatic carbocycles. The molecule has 1 aliphatic heterocycles. The minimum Gasteiger partial charge on any atom is -0.376 e. The average molecular weight is 409 g/mol. The van der Waals surface area contributed by atoms with Crippen LogP contribution in [-0.2, 0) is 4.79 Å². The Morgan fingerprint density at radius 1 is 1.17 bits per heavy atom. The first kappa shape index (κ1) is 20.5. The number of aromatic nitrogens is 1. The summed E-state index contributed by atoms with van der Waals surface area (Å²) in [5.41, 5.74) is 1.39. The Bertz CT molecular complexity index is 1010. The lowest BCUT2D eigenvalue weighted by atomic mass is 9.85. The van der Waals surface area contributed by atoms with Gasteiger partial charge in [0.2, 0.25) is 5.91 Å². The second kappa shape index (κ2) is 8.56. The summed E-state index contributed by atoms with van der Waals surface area (Å²) in [6.45, 7) is 0.815. The summed E-state index contributed by atoms with van der Waals surface area (Å²) in [6.07, 6.45) is 11.4. The second-order valence-electron chi connectivity index (χ2n) is 8.63. The number of allylic oxidation sites excluding steroid dienone is 2. The highest BCUT2D eigenvalue weighted by molar-refractivity contribution is 5.95. The van der Waals surface area contributed by atoms with E-state index in [1.165, 1.54) is 6.07 Å². The molecule has 0 spiro atoms. The summed E-state index contributed by atoms with van der Waals surface area (Å²) in [5.74, 6) is 0.298. The molecule has 4 rings (SSSR count). The first-order valence-electron chi connectivity index (χ1n) is 10.6. The van der Waals surface area contributed by atoms with Gasteiger partial charge >= 0.3 is 0 Å². The minimum absolute atomic E-state index is 0.0237. The lowest BCUT2D eigenvalue weighted by Gasteiger charge is -2.31. The van der Waals surface area contributed by atoms with Crippen LogP contribution in [0.3, 0.4) is 0 Å². The maximum Gasteiger partial charge on any atom is 0.228 e. The van der Waals surface area contributed by atoms with Gasteiger partial charge in [-0.2, -0.15) is 0 Å². The number of fused-ring (bicyclic) bond motifs is 1. The predicted molar refractivity (Wildman–Crippen MR) is 120 cm³/mol. The average Bonchev–Trinajstić information content (AvgIpc) is 2.73. The topological polar surface area (TPSA) is 48.5 Å². The molecular weight excluding hydrogens is 379 g/mol.